The molecule has 7 heteroatoms. The quantitative estimate of drug-likeness (QED) is 0.839. The Balaban J connectivity index is 1.43. The van der Waals surface area contributed by atoms with Crippen LogP contribution in [0.5, 0.6) is 0 Å². The van der Waals surface area contributed by atoms with Crippen molar-refractivity contribution in [1.82, 2.24) is 25.6 Å². The minimum Gasteiger partial charge on any atom is -0.354 e. The number of halogens is 1. The molecule has 0 bridgehead atoms. The van der Waals surface area contributed by atoms with Crippen LogP contribution < -0.4 is 10.6 Å². The molecule has 128 valence electrons. The van der Waals surface area contributed by atoms with Crippen LogP contribution in [0.15, 0.2) is 30.5 Å². The van der Waals surface area contributed by atoms with Gasteiger partial charge in [0, 0.05) is 11.6 Å². The summed E-state index contributed by atoms with van der Waals surface area (Å²) in [6, 6.07) is 7.91. The number of carbonyl (C=O) groups is 1. The number of aromatic nitrogens is 3. The molecule has 2 heterocycles. The fourth-order valence-corrected chi connectivity index (χ4v) is 2.98. The van der Waals surface area contributed by atoms with E-state index in [0.717, 1.165) is 35.7 Å². The van der Waals surface area contributed by atoms with Crippen molar-refractivity contribution in [1.29, 1.82) is 0 Å². The van der Waals surface area contributed by atoms with Gasteiger partial charge in [0.15, 0.2) is 0 Å². The number of amides is 1. The summed E-state index contributed by atoms with van der Waals surface area (Å²) in [5.41, 5.74) is 2.06. The Morgan fingerprint density at radius 2 is 2.17 bits per heavy atom. The lowest BCUT2D eigenvalue weighted by Crippen LogP contribution is -2.29. The number of hydrogen-bond acceptors (Lipinski definition) is 4. The Labute approximate surface area is 146 Å². The van der Waals surface area contributed by atoms with Crippen molar-refractivity contribution in [2.45, 2.75) is 38.3 Å². The molecule has 0 radical (unpaired) electrons. The summed E-state index contributed by atoms with van der Waals surface area (Å²) >= 11 is 5.85. The lowest BCUT2D eigenvalue weighted by molar-refractivity contribution is -0.121. The van der Waals surface area contributed by atoms with E-state index in [1.54, 1.807) is 4.68 Å². The maximum absolute atomic E-state index is 12.0. The van der Waals surface area contributed by atoms with Gasteiger partial charge in [0.2, 0.25) is 5.91 Å². The maximum Gasteiger partial charge on any atom is 0.241 e. The molecule has 1 saturated heterocycles. The topological polar surface area (TPSA) is 71.8 Å². The van der Waals surface area contributed by atoms with E-state index in [4.69, 9.17) is 11.6 Å². The molecular formula is C17H22ClN5O. The molecule has 0 saturated carbocycles. The van der Waals surface area contributed by atoms with E-state index in [1.165, 1.54) is 12.8 Å². The Hall–Kier alpha value is -1.92. The third-order valence-corrected chi connectivity index (χ3v) is 4.43. The first kappa shape index (κ1) is 16.9. The average molecular weight is 348 g/mol. The highest BCUT2D eigenvalue weighted by Gasteiger charge is 2.18. The zero-order valence-electron chi connectivity index (χ0n) is 13.5. The van der Waals surface area contributed by atoms with Gasteiger partial charge in [-0.25, -0.2) is 4.68 Å². The standard InChI is InChI=1S/C17H22ClN5O/c18-14-6-4-13(5-7-14)8-10-20-17(24)12-23-11-16(21-22-23)15-3-1-2-9-19-15/h4-7,11,15,19H,1-3,8-10,12H2,(H,20,24)/t15-/m1/s1. The molecule has 3 rings (SSSR count). The van der Waals surface area contributed by atoms with Crippen LogP contribution in [0, 0.1) is 0 Å². The summed E-state index contributed by atoms with van der Waals surface area (Å²) in [7, 11) is 0. The number of nitrogens with one attached hydrogen (secondary N) is 2. The molecule has 0 spiro atoms. The van der Waals surface area contributed by atoms with Crippen LogP contribution in [-0.2, 0) is 17.8 Å². The Morgan fingerprint density at radius 1 is 1.33 bits per heavy atom. The Bertz CT molecular complexity index is 664. The molecule has 1 fully saturated rings. The number of nitrogens with zero attached hydrogens (tertiary/aromatic N) is 3. The molecule has 1 aromatic heterocycles. The molecule has 24 heavy (non-hydrogen) atoms. The molecule has 1 aliphatic heterocycles. The van der Waals surface area contributed by atoms with Gasteiger partial charge in [-0.1, -0.05) is 35.4 Å². The first-order valence-corrected chi connectivity index (χ1v) is 8.73. The number of benzene rings is 1. The third-order valence-electron chi connectivity index (χ3n) is 4.18. The second-order valence-electron chi connectivity index (χ2n) is 6.07. The third kappa shape index (κ3) is 4.79. The smallest absolute Gasteiger partial charge is 0.241 e. The zero-order valence-corrected chi connectivity index (χ0v) is 14.3. The highest BCUT2D eigenvalue weighted by atomic mass is 35.5. The minimum atomic E-state index is -0.0583. The molecule has 1 amide bonds. The molecule has 1 atom stereocenters. The monoisotopic (exact) mass is 347 g/mol. The van der Waals surface area contributed by atoms with Gasteiger partial charge in [-0.2, -0.15) is 0 Å². The Kier molecular flexibility index (Phi) is 5.82. The lowest BCUT2D eigenvalue weighted by atomic mass is 10.0. The molecule has 6 nitrogen and oxygen atoms in total. The van der Waals surface area contributed by atoms with Gasteiger partial charge in [-0.15, -0.1) is 5.10 Å². The normalized spacial score (nSPS) is 17.6. The highest BCUT2D eigenvalue weighted by molar-refractivity contribution is 6.30. The summed E-state index contributed by atoms with van der Waals surface area (Å²) in [5.74, 6) is -0.0583. The summed E-state index contributed by atoms with van der Waals surface area (Å²) in [6.07, 6.45) is 6.13. The molecule has 0 aliphatic carbocycles. The highest BCUT2D eigenvalue weighted by Crippen LogP contribution is 2.20. The summed E-state index contributed by atoms with van der Waals surface area (Å²) in [4.78, 5) is 12.0. The lowest BCUT2D eigenvalue weighted by Gasteiger charge is -2.20. The average Bonchev–Trinajstić information content (AvgIpc) is 3.06. The van der Waals surface area contributed by atoms with E-state index < -0.39 is 0 Å². The maximum atomic E-state index is 12.0. The van der Waals surface area contributed by atoms with Crippen molar-refractivity contribution in [3.8, 4) is 0 Å². The Morgan fingerprint density at radius 3 is 2.92 bits per heavy atom. The fraction of sp³-hybridized carbons (Fsp3) is 0.471. The van der Waals surface area contributed by atoms with Crippen LogP contribution in [0.4, 0.5) is 0 Å². The molecule has 1 aromatic carbocycles. The van der Waals surface area contributed by atoms with Crippen LogP contribution in [0.1, 0.15) is 36.6 Å². The summed E-state index contributed by atoms with van der Waals surface area (Å²) in [6.45, 7) is 1.80. The van der Waals surface area contributed by atoms with Crippen molar-refractivity contribution in [3.05, 3.63) is 46.7 Å². The second kappa shape index (κ2) is 8.26. The van der Waals surface area contributed by atoms with E-state index in [2.05, 4.69) is 20.9 Å². The van der Waals surface area contributed by atoms with Gasteiger partial charge < -0.3 is 10.6 Å². The first-order chi connectivity index (χ1) is 11.7. The van der Waals surface area contributed by atoms with Crippen LogP contribution in [0.3, 0.4) is 0 Å². The largest absolute Gasteiger partial charge is 0.354 e. The number of hydrogen-bond donors (Lipinski definition) is 2. The van der Waals surface area contributed by atoms with Crippen molar-refractivity contribution in [3.63, 3.8) is 0 Å². The van der Waals surface area contributed by atoms with E-state index in [9.17, 15) is 4.79 Å². The number of piperidine rings is 1. The molecule has 2 N–H and O–H groups in total. The minimum absolute atomic E-state index is 0.0583. The van der Waals surface area contributed by atoms with Crippen molar-refractivity contribution >= 4 is 17.5 Å². The first-order valence-electron chi connectivity index (χ1n) is 8.35. The van der Waals surface area contributed by atoms with E-state index in [-0.39, 0.29) is 18.5 Å². The van der Waals surface area contributed by atoms with E-state index >= 15 is 0 Å². The van der Waals surface area contributed by atoms with Crippen molar-refractivity contribution in [2.75, 3.05) is 13.1 Å². The predicted octanol–water partition coefficient (Wildman–Crippen LogP) is 2.10. The van der Waals surface area contributed by atoms with Gasteiger partial charge >= 0.3 is 0 Å². The molecule has 1 aliphatic rings. The second-order valence-corrected chi connectivity index (χ2v) is 6.51. The predicted molar refractivity (Wildman–Crippen MR) is 92.8 cm³/mol. The zero-order chi connectivity index (χ0) is 16.8. The fourth-order valence-electron chi connectivity index (χ4n) is 2.85. The van der Waals surface area contributed by atoms with E-state index in [0.29, 0.717) is 6.54 Å². The molecular weight excluding hydrogens is 326 g/mol. The summed E-state index contributed by atoms with van der Waals surface area (Å²) in [5, 5.41) is 15.3. The van der Waals surface area contributed by atoms with Gasteiger partial charge in [0.05, 0.1) is 17.9 Å². The summed E-state index contributed by atoms with van der Waals surface area (Å²) < 4.78 is 1.60. The molecule has 2 aromatic rings. The van der Waals surface area contributed by atoms with Crippen LogP contribution in [0.25, 0.3) is 0 Å². The van der Waals surface area contributed by atoms with Crippen LogP contribution in [-0.4, -0.2) is 34.0 Å². The van der Waals surface area contributed by atoms with Crippen LogP contribution in [0.2, 0.25) is 5.02 Å². The molecule has 0 unspecified atom stereocenters. The van der Waals surface area contributed by atoms with Crippen molar-refractivity contribution in [2.24, 2.45) is 0 Å². The van der Waals surface area contributed by atoms with Crippen LogP contribution >= 0.6 is 11.6 Å². The van der Waals surface area contributed by atoms with Gasteiger partial charge in [0.25, 0.3) is 0 Å². The van der Waals surface area contributed by atoms with Gasteiger partial charge in [-0.3, -0.25) is 4.79 Å². The number of rotatable bonds is 6. The SMILES string of the molecule is O=C(Cn1cc([C@H]2CCCCN2)nn1)NCCc1ccc(Cl)cc1. The van der Waals surface area contributed by atoms with Gasteiger partial charge in [-0.05, 0) is 43.5 Å². The van der Waals surface area contributed by atoms with Crippen molar-refractivity contribution < 1.29 is 4.79 Å². The van der Waals surface area contributed by atoms with Gasteiger partial charge in [0.1, 0.15) is 6.54 Å². The number of carbonyl (C=O) groups excluding carboxylic acids is 1. The van der Waals surface area contributed by atoms with E-state index in [1.807, 2.05) is 30.5 Å².